The highest BCUT2D eigenvalue weighted by molar-refractivity contribution is 7.98. The normalized spacial score (nSPS) is 11.9. The quantitative estimate of drug-likeness (QED) is 0.287. The monoisotopic (exact) mass is 422 g/mol. The van der Waals surface area contributed by atoms with Crippen LogP contribution in [0.15, 0.2) is 34.4 Å². The van der Waals surface area contributed by atoms with Gasteiger partial charge in [0.1, 0.15) is 5.82 Å². The molecule has 0 bridgehead atoms. The molecule has 0 radical (unpaired) electrons. The van der Waals surface area contributed by atoms with Crippen molar-refractivity contribution in [3.8, 4) is 0 Å². The average molecular weight is 423 g/mol. The summed E-state index contributed by atoms with van der Waals surface area (Å²) in [6.45, 7) is 7.00. The van der Waals surface area contributed by atoms with Crippen molar-refractivity contribution in [2.75, 3.05) is 26.9 Å². The largest absolute Gasteiger partial charge is 0.356 e. The molecule has 28 heavy (non-hydrogen) atoms. The van der Waals surface area contributed by atoms with Crippen molar-refractivity contribution >= 4 is 29.3 Å². The summed E-state index contributed by atoms with van der Waals surface area (Å²) in [5, 5.41) is 13.9. The van der Waals surface area contributed by atoms with Gasteiger partial charge in [0.25, 0.3) is 0 Å². The van der Waals surface area contributed by atoms with Gasteiger partial charge in [-0.3, -0.25) is 4.99 Å². The summed E-state index contributed by atoms with van der Waals surface area (Å²) < 4.78 is 2.25. The van der Waals surface area contributed by atoms with Crippen molar-refractivity contribution in [2.24, 2.45) is 10.9 Å². The summed E-state index contributed by atoms with van der Waals surface area (Å²) in [4.78, 5) is 6.50. The number of nitrogens with one attached hydrogen (secondary N) is 1. The predicted molar refractivity (Wildman–Crippen MR) is 119 cm³/mol. The maximum Gasteiger partial charge on any atom is 0.193 e. The number of thioether (sulfide) groups is 1. The second kappa shape index (κ2) is 11.3. The lowest BCUT2D eigenvalue weighted by Crippen LogP contribution is -2.39. The minimum absolute atomic E-state index is 0.569. The molecule has 0 saturated heterocycles. The summed E-state index contributed by atoms with van der Waals surface area (Å²) in [7, 11) is 3.85. The van der Waals surface area contributed by atoms with E-state index in [1.807, 2.05) is 44.6 Å². The van der Waals surface area contributed by atoms with Crippen molar-refractivity contribution < 1.29 is 0 Å². The van der Waals surface area contributed by atoms with Crippen molar-refractivity contribution in [1.82, 2.24) is 25.0 Å². The smallest absolute Gasteiger partial charge is 0.193 e. The molecule has 1 aromatic heterocycles. The number of aryl methyl sites for hydroxylation is 1. The van der Waals surface area contributed by atoms with Crippen LogP contribution >= 0.6 is 23.4 Å². The molecular weight excluding hydrogens is 392 g/mol. The fraction of sp³-hybridized carbons (Fsp3) is 0.550. The van der Waals surface area contributed by atoms with E-state index in [0.29, 0.717) is 5.92 Å². The van der Waals surface area contributed by atoms with Crippen LogP contribution in [0.3, 0.4) is 0 Å². The van der Waals surface area contributed by atoms with E-state index in [-0.39, 0.29) is 0 Å². The fourth-order valence-corrected chi connectivity index (χ4v) is 3.62. The van der Waals surface area contributed by atoms with Gasteiger partial charge in [0.15, 0.2) is 11.1 Å². The number of guanidine groups is 1. The van der Waals surface area contributed by atoms with E-state index >= 15 is 0 Å². The summed E-state index contributed by atoms with van der Waals surface area (Å²) in [6.07, 6.45) is 3.91. The number of benzene rings is 1. The first-order chi connectivity index (χ1) is 13.4. The molecule has 0 aliphatic carbocycles. The van der Waals surface area contributed by atoms with Gasteiger partial charge in [-0.25, -0.2) is 0 Å². The van der Waals surface area contributed by atoms with Crippen molar-refractivity contribution in [2.45, 2.75) is 44.9 Å². The highest BCUT2D eigenvalue weighted by atomic mass is 35.5. The van der Waals surface area contributed by atoms with E-state index in [0.717, 1.165) is 54.4 Å². The lowest BCUT2D eigenvalue weighted by Gasteiger charge is -2.22. The number of hydrogen-bond donors (Lipinski definition) is 1. The first-order valence-corrected chi connectivity index (χ1v) is 11.2. The van der Waals surface area contributed by atoms with Crippen LogP contribution in [-0.2, 0) is 19.5 Å². The van der Waals surface area contributed by atoms with Crippen LogP contribution in [0, 0.1) is 5.92 Å². The molecule has 1 heterocycles. The van der Waals surface area contributed by atoms with Crippen LogP contribution in [0.2, 0.25) is 5.02 Å². The molecule has 0 spiro atoms. The van der Waals surface area contributed by atoms with Gasteiger partial charge < -0.3 is 14.8 Å². The number of halogens is 1. The lowest BCUT2D eigenvalue weighted by molar-refractivity contribution is 0.469. The zero-order valence-electron chi connectivity index (χ0n) is 17.4. The van der Waals surface area contributed by atoms with E-state index in [4.69, 9.17) is 11.6 Å². The minimum atomic E-state index is 0.569. The van der Waals surface area contributed by atoms with Gasteiger partial charge in [-0.1, -0.05) is 49.3 Å². The van der Waals surface area contributed by atoms with Crippen LogP contribution in [0.1, 0.15) is 31.7 Å². The molecule has 0 atom stereocenters. The molecule has 8 heteroatoms. The highest BCUT2D eigenvalue weighted by Crippen LogP contribution is 2.16. The summed E-state index contributed by atoms with van der Waals surface area (Å²) in [6, 6.07) is 7.90. The van der Waals surface area contributed by atoms with Crippen LogP contribution in [0.25, 0.3) is 0 Å². The highest BCUT2D eigenvalue weighted by Gasteiger charge is 2.13. The van der Waals surface area contributed by atoms with Gasteiger partial charge in [0, 0.05) is 45.2 Å². The van der Waals surface area contributed by atoms with Gasteiger partial charge in [-0.2, -0.15) is 0 Å². The second-order valence-corrected chi connectivity index (χ2v) is 8.38. The third-order valence-electron chi connectivity index (χ3n) is 4.29. The SMILES string of the molecule is CN=C(NCCCc1nnc(SC)n1CC(C)C)N(C)Cc1ccc(Cl)cc1. The maximum atomic E-state index is 5.96. The molecule has 2 rings (SSSR count). The zero-order valence-corrected chi connectivity index (χ0v) is 19.0. The van der Waals surface area contributed by atoms with Gasteiger partial charge in [-0.05, 0) is 36.3 Å². The molecule has 6 nitrogen and oxygen atoms in total. The zero-order chi connectivity index (χ0) is 20.5. The van der Waals surface area contributed by atoms with Gasteiger partial charge >= 0.3 is 0 Å². The van der Waals surface area contributed by atoms with Gasteiger partial charge in [0.2, 0.25) is 0 Å². The third kappa shape index (κ3) is 6.71. The summed E-state index contributed by atoms with van der Waals surface area (Å²) in [5.74, 6) is 2.51. The Balaban J connectivity index is 1.84. The molecule has 0 fully saturated rings. The first-order valence-electron chi connectivity index (χ1n) is 9.56. The van der Waals surface area contributed by atoms with Crippen molar-refractivity contribution in [1.29, 1.82) is 0 Å². The second-order valence-electron chi connectivity index (χ2n) is 7.17. The Morgan fingerprint density at radius 3 is 2.61 bits per heavy atom. The van der Waals surface area contributed by atoms with E-state index in [9.17, 15) is 0 Å². The number of rotatable bonds is 9. The van der Waals surface area contributed by atoms with E-state index < -0.39 is 0 Å². The first kappa shape index (κ1) is 22.6. The Morgan fingerprint density at radius 2 is 2.00 bits per heavy atom. The Bertz CT molecular complexity index is 757. The molecule has 0 saturated carbocycles. The molecule has 2 aromatic rings. The van der Waals surface area contributed by atoms with Crippen molar-refractivity contribution in [3.63, 3.8) is 0 Å². The van der Waals surface area contributed by atoms with E-state index in [1.54, 1.807) is 11.8 Å². The number of nitrogens with zero attached hydrogens (tertiary/aromatic N) is 5. The molecule has 0 aliphatic heterocycles. The number of aliphatic imine (C=N–C) groups is 1. The standard InChI is InChI=1S/C20H31ClN6S/c1-15(2)13-27-18(24-25-20(27)28-5)7-6-12-23-19(22-3)26(4)14-16-8-10-17(21)11-9-16/h8-11,15H,6-7,12-14H2,1-5H3,(H,22,23). The molecule has 0 aliphatic rings. The molecule has 0 amide bonds. The molecule has 1 aromatic carbocycles. The molecule has 154 valence electrons. The van der Waals surface area contributed by atoms with Crippen LogP contribution < -0.4 is 5.32 Å². The average Bonchev–Trinajstić information content (AvgIpc) is 3.04. The Hall–Kier alpha value is -1.73. The predicted octanol–water partition coefficient (Wildman–Crippen LogP) is 3.95. The summed E-state index contributed by atoms with van der Waals surface area (Å²) >= 11 is 7.61. The van der Waals surface area contributed by atoms with Crippen LogP contribution in [-0.4, -0.2) is 52.5 Å². The minimum Gasteiger partial charge on any atom is -0.356 e. The molecule has 1 N–H and O–H groups in total. The van der Waals surface area contributed by atoms with Crippen LogP contribution in [0.5, 0.6) is 0 Å². The Kier molecular flexibility index (Phi) is 9.12. The lowest BCUT2D eigenvalue weighted by atomic mass is 10.2. The van der Waals surface area contributed by atoms with Gasteiger partial charge in [-0.15, -0.1) is 10.2 Å². The van der Waals surface area contributed by atoms with E-state index in [2.05, 4.69) is 43.8 Å². The number of aromatic nitrogens is 3. The van der Waals surface area contributed by atoms with Gasteiger partial charge in [0.05, 0.1) is 0 Å². The Labute approximate surface area is 177 Å². The maximum absolute atomic E-state index is 5.96. The van der Waals surface area contributed by atoms with Crippen LogP contribution in [0.4, 0.5) is 0 Å². The fourth-order valence-electron chi connectivity index (χ4n) is 2.97. The van der Waals surface area contributed by atoms with Crippen molar-refractivity contribution in [3.05, 3.63) is 40.7 Å². The summed E-state index contributed by atoms with van der Waals surface area (Å²) in [5.41, 5.74) is 1.20. The Morgan fingerprint density at radius 1 is 1.29 bits per heavy atom. The topological polar surface area (TPSA) is 58.3 Å². The third-order valence-corrected chi connectivity index (χ3v) is 5.21. The molecule has 0 unspecified atom stereocenters. The number of hydrogen-bond acceptors (Lipinski definition) is 4. The molecular formula is C20H31ClN6S. The van der Waals surface area contributed by atoms with E-state index in [1.165, 1.54) is 5.56 Å².